The number of hydrogen-bond donors (Lipinski definition) is 1. The van der Waals surface area contributed by atoms with Gasteiger partial charge in [-0.3, -0.25) is 4.79 Å². The third-order valence-corrected chi connectivity index (χ3v) is 2.34. The average molecular weight is 302 g/mol. The molecule has 1 aromatic rings. The van der Waals surface area contributed by atoms with Crippen LogP contribution in [0.1, 0.15) is 23.6 Å². The van der Waals surface area contributed by atoms with Gasteiger partial charge >= 0.3 is 12.1 Å². The number of nitrogens with two attached hydrogens (primary N) is 1. The van der Waals surface area contributed by atoms with Crippen molar-refractivity contribution in [3.8, 4) is 0 Å². The molecule has 0 amide bonds. The van der Waals surface area contributed by atoms with E-state index in [1.54, 1.807) is 0 Å². The molecule has 0 aromatic heterocycles. The standard InChI is InChI=1S/C11H11F4NO2.ClH/c1-18-9(17)5-8(16)10-6(11(13,14)15)3-2-4-7(10)12;/h2-4,8H,5,16H2,1H3;1H/t8-;/m1./s1. The summed E-state index contributed by atoms with van der Waals surface area (Å²) in [6.07, 6.45) is -5.26. The van der Waals surface area contributed by atoms with E-state index in [0.29, 0.717) is 0 Å². The third-order valence-electron chi connectivity index (χ3n) is 2.34. The summed E-state index contributed by atoms with van der Waals surface area (Å²) in [5.41, 5.74) is 3.52. The predicted molar refractivity (Wildman–Crippen MR) is 62.2 cm³/mol. The van der Waals surface area contributed by atoms with E-state index in [9.17, 15) is 22.4 Å². The van der Waals surface area contributed by atoms with E-state index in [4.69, 9.17) is 5.73 Å². The lowest BCUT2D eigenvalue weighted by Gasteiger charge is -2.18. The van der Waals surface area contributed by atoms with Gasteiger partial charge in [-0.1, -0.05) is 6.07 Å². The maximum atomic E-state index is 13.5. The molecular weight excluding hydrogens is 290 g/mol. The van der Waals surface area contributed by atoms with Gasteiger partial charge in [0.25, 0.3) is 0 Å². The highest BCUT2D eigenvalue weighted by atomic mass is 35.5. The lowest BCUT2D eigenvalue weighted by atomic mass is 9.97. The number of rotatable bonds is 3. The minimum absolute atomic E-state index is 0. The fourth-order valence-corrected chi connectivity index (χ4v) is 1.53. The number of benzene rings is 1. The SMILES string of the molecule is COC(=O)C[C@@H](N)c1c(F)cccc1C(F)(F)F.Cl. The van der Waals surface area contributed by atoms with Crippen molar-refractivity contribution in [1.82, 2.24) is 0 Å². The first-order valence-electron chi connectivity index (χ1n) is 4.95. The Labute approximate surface area is 113 Å². The van der Waals surface area contributed by atoms with Gasteiger partial charge in [0.2, 0.25) is 0 Å². The van der Waals surface area contributed by atoms with E-state index in [1.165, 1.54) is 0 Å². The molecule has 0 saturated carbocycles. The van der Waals surface area contributed by atoms with Crippen LogP contribution < -0.4 is 5.73 Å². The zero-order chi connectivity index (χ0) is 13.9. The first-order chi connectivity index (χ1) is 8.27. The first-order valence-corrected chi connectivity index (χ1v) is 4.95. The van der Waals surface area contributed by atoms with Crippen LogP contribution >= 0.6 is 12.4 Å². The molecule has 0 aliphatic carbocycles. The summed E-state index contributed by atoms with van der Waals surface area (Å²) in [5, 5.41) is 0. The number of hydrogen-bond acceptors (Lipinski definition) is 3. The molecule has 0 spiro atoms. The molecule has 0 aliphatic rings. The molecule has 1 atom stereocenters. The Kier molecular flexibility index (Phi) is 6.24. The summed E-state index contributed by atoms with van der Waals surface area (Å²) in [5.74, 6) is -1.90. The summed E-state index contributed by atoms with van der Waals surface area (Å²) in [7, 11) is 1.07. The minimum Gasteiger partial charge on any atom is -0.469 e. The van der Waals surface area contributed by atoms with E-state index in [-0.39, 0.29) is 12.4 Å². The predicted octanol–water partition coefficient (Wildman–Crippen LogP) is 2.83. The van der Waals surface area contributed by atoms with Crippen LogP contribution in [0.15, 0.2) is 18.2 Å². The van der Waals surface area contributed by atoms with Crippen LogP contribution in [0.5, 0.6) is 0 Å². The molecule has 108 valence electrons. The maximum Gasteiger partial charge on any atom is 0.416 e. The zero-order valence-electron chi connectivity index (χ0n) is 9.83. The molecule has 0 saturated heterocycles. The molecule has 1 rings (SSSR count). The van der Waals surface area contributed by atoms with Gasteiger partial charge in [-0.25, -0.2) is 4.39 Å². The van der Waals surface area contributed by atoms with Gasteiger partial charge < -0.3 is 10.5 Å². The Morgan fingerprint density at radius 1 is 1.42 bits per heavy atom. The Hall–Kier alpha value is -1.34. The molecule has 0 radical (unpaired) electrons. The normalized spacial score (nSPS) is 12.5. The van der Waals surface area contributed by atoms with Gasteiger partial charge in [0.1, 0.15) is 5.82 Å². The summed E-state index contributed by atoms with van der Waals surface area (Å²) < 4.78 is 55.7. The second kappa shape index (κ2) is 6.72. The van der Waals surface area contributed by atoms with E-state index < -0.39 is 41.6 Å². The van der Waals surface area contributed by atoms with Crippen LogP contribution in [0.25, 0.3) is 0 Å². The Morgan fingerprint density at radius 3 is 2.47 bits per heavy atom. The van der Waals surface area contributed by atoms with E-state index >= 15 is 0 Å². The highest BCUT2D eigenvalue weighted by molar-refractivity contribution is 5.85. The van der Waals surface area contributed by atoms with Crippen molar-refractivity contribution in [2.45, 2.75) is 18.6 Å². The van der Waals surface area contributed by atoms with Gasteiger partial charge in [0, 0.05) is 11.6 Å². The van der Waals surface area contributed by atoms with Gasteiger partial charge in [0.15, 0.2) is 0 Å². The fraction of sp³-hybridized carbons (Fsp3) is 0.364. The molecule has 1 aromatic carbocycles. The average Bonchev–Trinajstić information content (AvgIpc) is 2.27. The Balaban J connectivity index is 0.00000324. The molecule has 0 aliphatic heterocycles. The van der Waals surface area contributed by atoms with Gasteiger partial charge in [-0.2, -0.15) is 13.2 Å². The van der Waals surface area contributed by atoms with Crippen molar-refractivity contribution in [3.05, 3.63) is 35.1 Å². The smallest absolute Gasteiger partial charge is 0.416 e. The van der Waals surface area contributed by atoms with Crippen LogP contribution in [0, 0.1) is 5.82 Å². The number of methoxy groups -OCH3 is 1. The van der Waals surface area contributed by atoms with Crippen molar-refractivity contribution < 1.29 is 27.1 Å². The quantitative estimate of drug-likeness (QED) is 0.690. The van der Waals surface area contributed by atoms with Crippen LogP contribution in [0.4, 0.5) is 17.6 Å². The molecule has 3 nitrogen and oxygen atoms in total. The number of esters is 1. The number of ether oxygens (including phenoxy) is 1. The summed E-state index contributed by atoms with van der Waals surface area (Å²) in [6, 6.07) is 1.11. The molecular formula is C11H12ClF4NO2. The molecule has 19 heavy (non-hydrogen) atoms. The summed E-state index contributed by atoms with van der Waals surface area (Å²) in [4.78, 5) is 11.0. The second-order valence-corrected chi connectivity index (χ2v) is 3.59. The lowest BCUT2D eigenvalue weighted by Crippen LogP contribution is -2.22. The highest BCUT2D eigenvalue weighted by Gasteiger charge is 2.36. The van der Waals surface area contributed by atoms with Gasteiger partial charge in [0.05, 0.1) is 19.1 Å². The number of carbonyl (C=O) groups is 1. The fourth-order valence-electron chi connectivity index (χ4n) is 1.53. The van der Waals surface area contributed by atoms with Crippen LogP contribution in [-0.4, -0.2) is 13.1 Å². The number of halogens is 5. The Morgan fingerprint density at radius 2 is 2.00 bits per heavy atom. The van der Waals surface area contributed by atoms with Crippen molar-refractivity contribution >= 4 is 18.4 Å². The van der Waals surface area contributed by atoms with Gasteiger partial charge in [-0.15, -0.1) is 12.4 Å². The Bertz CT molecular complexity index is 451. The largest absolute Gasteiger partial charge is 0.469 e. The van der Waals surface area contributed by atoms with E-state index in [2.05, 4.69) is 4.74 Å². The first kappa shape index (κ1) is 17.7. The number of alkyl halides is 3. The van der Waals surface area contributed by atoms with Crippen molar-refractivity contribution in [3.63, 3.8) is 0 Å². The monoisotopic (exact) mass is 301 g/mol. The van der Waals surface area contributed by atoms with Crippen molar-refractivity contribution in [2.75, 3.05) is 7.11 Å². The highest BCUT2D eigenvalue weighted by Crippen LogP contribution is 2.36. The van der Waals surface area contributed by atoms with Crippen molar-refractivity contribution in [1.29, 1.82) is 0 Å². The topological polar surface area (TPSA) is 52.3 Å². The molecule has 2 N–H and O–H groups in total. The van der Waals surface area contributed by atoms with Crippen LogP contribution in [0.3, 0.4) is 0 Å². The van der Waals surface area contributed by atoms with E-state index in [0.717, 1.165) is 25.3 Å². The molecule has 0 bridgehead atoms. The van der Waals surface area contributed by atoms with Crippen LogP contribution in [-0.2, 0) is 15.7 Å². The third kappa shape index (κ3) is 4.36. The zero-order valence-corrected chi connectivity index (χ0v) is 10.6. The molecule has 0 fully saturated rings. The van der Waals surface area contributed by atoms with Gasteiger partial charge in [-0.05, 0) is 12.1 Å². The van der Waals surface area contributed by atoms with Crippen molar-refractivity contribution in [2.24, 2.45) is 5.73 Å². The molecule has 8 heteroatoms. The summed E-state index contributed by atoms with van der Waals surface area (Å²) in [6.45, 7) is 0. The summed E-state index contributed by atoms with van der Waals surface area (Å²) >= 11 is 0. The molecule has 0 heterocycles. The van der Waals surface area contributed by atoms with E-state index in [1.807, 2.05) is 0 Å². The molecule has 0 unspecified atom stereocenters. The second-order valence-electron chi connectivity index (χ2n) is 3.59. The maximum absolute atomic E-state index is 13.5. The van der Waals surface area contributed by atoms with Crippen LogP contribution in [0.2, 0.25) is 0 Å². The number of carbonyl (C=O) groups excluding carboxylic acids is 1. The minimum atomic E-state index is -4.73. The lowest BCUT2D eigenvalue weighted by molar-refractivity contribution is -0.142.